The molecule has 1 fully saturated rings. The first-order valence-corrected chi connectivity index (χ1v) is 8.72. The van der Waals surface area contributed by atoms with E-state index in [0.29, 0.717) is 43.8 Å². The molecule has 3 rings (SSSR count). The van der Waals surface area contributed by atoms with Gasteiger partial charge in [0.1, 0.15) is 6.61 Å². The van der Waals surface area contributed by atoms with Gasteiger partial charge in [-0.2, -0.15) is 0 Å². The van der Waals surface area contributed by atoms with Crippen LogP contribution in [0.15, 0.2) is 53.5 Å². The number of methoxy groups -OCH3 is 1. The Balaban J connectivity index is 0.00000261. The average molecular weight is 483 g/mol. The lowest BCUT2D eigenvalue weighted by Crippen LogP contribution is -2.44. The van der Waals surface area contributed by atoms with Crippen LogP contribution >= 0.6 is 24.0 Å². The van der Waals surface area contributed by atoms with Crippen LogP contribution in [0.1, 0.15) is 11.1 Å². The Hall–Kier alpha value is -2.00. The van der Waals surface area contributed by atoms with Gasteiger partial charge < -0.3 is 24.8 Å². The first kappa shape index (κ1) is 21.3. The predicted molar refractivity (Wildman–Crippen MR) is 117 cm³/mol. The van der Waals surface area contributed by atoms with Crippen LogP contribution in [-0.2, 0) is 17.9 Å². The Morgan fingerprint density at radius 1 is 1.07 bits per heavy atom. The van der Waals surface area contributed by atoms with Gasteiger partial charge in [0.2, 0.25) is 0 Å². The number of guanidine groups is 1. The Morgan fingerprint density at radius 3 is 2.52 bits per heavy atom. The summed E-state index contributed by atoms with van der Waals surface area (Å²) >= 11 is 0. The molecule has 146 valence electrons. The van der Waals surface area contributed by atoms with Gasteiger partial charge in [0.25, 0.3) is 0 Å². The minimum absolute atomic E-state index is 0. The zero-order chi connectivity index (χ0) is 18.2. The molecule has 6 nitrogen and oxygen atoms in total. The van der Waals surface area contributed by atoms with Gasteiger partial charge in [-0.05, 0) is 23.3 Å². The van der Waals surface area contributed by atoms with E-state index in [0.717, 1.165) is 24.2 Å². The van der Waals surface area contributed by atoms with Gasteiger partial charge in [-0.15, -0.1) is 24.0 Å². The van der Waals surface area contributed by atoms with Crippen LogP contribution in [0.2, 0.25) is 0 Å². The van der Waals surface area contributed by atoms with Gasteiger partial charge in [0, 0.05) is 13.1 Å². The molecule has 0 radical (unpaired) electrons. The highest BCUT2D eigenvalue weighted by atomic mass is 127. The molecule has 0 atom stereocenters. The van der Waals surface area contributed by atoms with E-state index in [2.05, 4.69) is 4.99 Å². The van der Waals surface area contributed by atoms with Crippen molar-refractivity contribution in [3.05, 3.63) is 59.7 Å². The van der Waals surface area contributed by atoms with E-state index < -0.39 is 0 Å². The first-order chi connectivity index (χ1) is 12.8. The van der Waals surface area contributed by atoms with Gasteiger partial charge in [0.15, 0.2) is 17.5 Å². The molecule has 7 heteroatoms. The number of rotatable bonds is 6. The average Bonchev–Trinajstić information content (AvgIpc) is 2.72. The molecule has 1 heterocycles. The molecule has 1 saturated heterocycles. The second-order valence-electron chi connectivity index (χ2n) is 6.03. The zero-order valence-corrected chi connectivity index (χ0v) is 17.8. The van der Waals surface area contributed by atoms with Gasteiger partial charge >= 0.3 is 0 Å². The van der Waals surface area contributed by atoms with E-state index in [1.165, 1.54) is 0 Å². The highest BCUT2D eigenvalue weighted by molar-refractivity contribution is 14.0. The molecule has 0 spiro atoms. The number of halogens is 1. The SMILES string of the molecule is COc1cc(CN=C(N)N2CCOCC2)ccc1OCc1ccccc1.I. The van der Waals surface area contributed by atoms with Crippen LogP contribution in [0.5, 0.6) is 11.5 Å². The summed E-state index contributed by atoms with van der Waals surface area (Å²) in [7, 11) is 1.64. The molecule has 0 unspecified atom stereocenters. The summed E-state index contributed by atoms with van der Waals surface area (Å²) in [4.78, 5) is 6.52. The summed E-state index contributed by atoms with van der Waals surface area (Å²) in [6.45, 7) is 3.95. The summed E-state index contributed by atoms with van der Waals surface area (Å²) < 4.78 is 16.7. The van der Waals surface area contributed by atoms with Crippen molar-refractivity contribution in [2.75, 3.05) is 33.4 Å². The standard InChI is InChI=1S/C20H25N3O3.HI/c1-24-19-13-17(14-22-20(21)23-9-11-25-12-10-23)7-8-18(19)26-15-16-5-3-2-4-6-16;/h2-8,13H,9-12,14-15H2,1H3,(H2,21,22);1H. The maximum Gasteiger partial charge on any atom is 0.191 e. The van der Waals surface area contributed by atoms with E-state index in [-0.39, 0.29) is 24.0 Å². The van der Waals surface area contributed by atoms with Crippen molar-refractivity contribution in [3.63, 3.8) is 0 Å². The number of aliphatic imine (C=N–C) groups is 1. The van der Waals surface area contributed by atoms with E-state index in [4.69, 9.17) is 19.9 Å². The van der Waals surface area contributed by atoms with Crippen LogP contribution in [0.3, 0.4) is 0 Å². The van der Waals surface area contributed by atoms with Crippen molar-refractivity contribution in [2.45, 2.75) is 13.2 Å². The Bertz CT molecular complexity index is 735. The second kappa shape index (κ2) is 11.0. The molecule has 0 saturated carbocycles. The molecule has 0 aromatic heterocycles. The van der Waals surface area contributed by atoms with E-state index in [9.17, 15) is 0 Å². The Morgan fingerprint density at radius 2 is 1.81 bits per heavy atom. The lowest BCUT2D eigenvalue weighted by Gasteiger charge is -2.27. The van der Waals surface area contributed by atoms with Crippen LogP contribution in [0, 0.1) is 0 Å². The van der Waals surface area contributed by atoms with E-state index in [1.54, 1.807) is 7.11 Å². The van der Waals surface area contributed by atoms with Crippen molar-refractivity contribution in [1.82, 2.24) is 4.90 Å². The van der Waals surface area contributed by atoms with Crippen molar-refractivity contribution >= 4 is 29.9 Å². The van der Waals surface area contributed by atoms with Crippen molar-refractivity contribution in [2.24, 2.45) is 10.7 Å². The molecule has 2 aromatic rings. The molecule has 0 aliphatic carbocycles. The number of ether oxygens (including phenoxy) is 3. The third-order valence-electron chi connectivity index (χ3n) is 4.22. The highest BCUT2D eigenvalue weighted by Gasteiger charge is 2.12. The number of nitrogens with zero attached hydrogens (tertiary/aromatic N) is 2. The van der Waals surface area contributed by atoms with Crippen molar-refractivity contribution < 1.29 is 14.2 Å². The number of nitrogens with two attached hydrogens (primary N) is 1. The molecule has 1 aliphatic rings. The van der Waals surface area contributed by atoms with Crippen LogP contribution in [0.25, 0.3) is 0 Å². The summed E-state index contributed by atoms with van der Waals surface area (Å²) in [5.74, 6) is 1.96. The second-order valence-corrected chi connectivity index (χ2v) is 6.03. The summed E-state index contributed by atoms with van der Waals surface area (Å²) in [6.07, 6.45) is 0. The van der Waals surface area contributed by atoms with Crippen LogP contribution in [0.4, 0.5) is 0 Å². The minimum atomic E-state index is 0. The quantitative estimate of drug-likeness (QED) is 0.389. The molecule has 0 amide bonds. The van der Waals surface area contributed by atoms with Gasteiger partial charge in [-0.25, -0.2) is 4.99 Å². The lowest BCUT2D eigenvalue weighted by molar-refractivity contribution is 0.0674. The molecular formula is C20H26IN3O3. The monoisotopic (exact) mass is 483 g/mol. The fourth-order valence-electron chi connectivity index (χ4n) is 2.73. The maximum atomic E-state index is 6.07. The summed E-state index contributed by atoms with van der Waals surface area (Å²) in [5, 5.41) is 0. The maximum absolute atomic E-state index is 6.07. The number of benzene rings is 2. The summed E-state index contributed by atoms with van der Waals surface area (Å²) in [6, 6.07) is 15.9. The molecule has 2 N–H and O–H groups in total. The molecular weight excluding hydrogens is 457 g/mol. The minimum Gasteiger partial charge on any atom is -0.493 e. The third-order valence-corrected chi connectivity index (χ3v) is 4.22. The lowest BCUT2D eigenvalue weighted by atomic mass is 10.2. The molecule has 1 aliphatic heterocycles. The molecule has 2 aromatic carbocycles. The topological polar surface area (TPSA) is 69.3 Å². The van der Waals surface area contributed by atoms with Gasteiger partial charge in [-0.3, -0.25) is 0 Å². The summed E-state index contributed by atoms with van der Waals surface area (Å²) in [5.41, 5.74) is 8.20. The molecule has 0 bridgehead atoms. The van der Waals surface area contributed by atoms with Gasteiger partial charge in [-0.1, -0.05) is 36.4 Å². The van der Waals surface area contributed by atoms with E-state index >= 15 is 0 Å². The number of hydrogen-bond donors (Lipinski definition) is 1. The molecule has 27 heavy (non-hydrogen) atoms. The third kappa shape index (κ3) is 6.28. The van der Waals surface area contributed by atoms with Gasteiger partial charge in [0.05, 0.1) is 26.9 Å². The highest BCUT2D eigenvalue weighted by Crippen LogP contribution is 2.29. The van der Waals surface area contributed by atoms with Crippen molar-refractivity contribution in [1.29, 1.82) is 0 Å². The fraction of sp³-hybridized carbons (Fsp3) is 0.350. The van der Waals surface area contributed by atoms with Crippen LogP contribution < -0.4 is 15.2 Å². The Kier molecular flexibility index (Phi) is 8.66. The van der Waals surface area contributed by atoms with E-state index in [1.807, 2.05) is 53.4 Å². The van der Waals surface area contributed by atoms with Crippen molar-refractivity contribution in [3.8, 4) is 11.5 Å². The number of hydrogen-bond acceptors (Lipinski definition) is 4. The predicted octanol–water partition coefficient (Wildman–Crippen LogP) is 3.04. The largest absolute Gasteiger partial charge is 0.493 e. The Labute approximate surface area is 177 Å². The normalized spacial score (nSPS) is 14.4. The smallest absolute Gasteiger partial charge is 0.191 e. The fourth-order valence-corrected chi connectivity index (χ4v) is 2.73. The number of morpholine rings is 1. The zero-order valence-electron chi connectivity index (χ0n) is 15.5. The first-order valence-electron chi connectivity index (χ1n) is 8.72. The van der Waals surface area contributed by atoms with Crippen LogP contribution in [-0.4, -0.2) is 44.3 Å².